The third-order valence-corrected chi connectivity index (χ3v) is 15.5. The van der Waals surface area contributed by atoms with Gasteiger partial charge in [-0.15, -0.1) is 0 Å². The molecule has 2 saturated carbocycles. The van der Waals surface area contributed by atoms with Crippen LogP contribution in [0.1, 0.15) is 78.1 Å². The van der Waals surface area contributed by atoms with Gasteiger partial charge in [-0.3, -0.25) is 19.2 Å². The second-order valence-corrected chi connectivity index (χ2v) is 19.4. The number of hydrogen-bond acceptors (Lipinski definition) is 8. The Balaban J connectivity index is 0.000000181. The van der Waals surface area contributed by atoms with Crippen LogP contribution in [0.3, 0.4) is 0 Å². The van der Waals surface area contributed by atoms with Gasteiger partial charge in [-0.2, -0.15) is 0 Å². The van der Waals surface area contributed by atoms with Crippen LogP contribution in [-0.4, -0.2) is 143 Å². The Morgan fingerprint density at radius 2 is 0.967 bits per heavy atom. The molecule has 4 aliphatic heterocycles. The largest absolute Gasteiger partial charge is 0.391 e. The molecule has 8 rings (SSSR count). The van der Waals surface area contributed by atoms with Crippen molar-refractivity contribution in [2.75, 3.05) is 75.2 Å². The number of likely N-dealkylation sites (tertiary alicyclic amines) is 2. The minimum absolute atomic E-state index is 0.0591. The summed E-state index contributed by atoms with van der Waals surface area (Å²) in [5.74, 6) is 0.284. The van der Waals surface area contributed by atoms with Crippen molar-refractivity contribution < 1.29 is 29.4 Å². The van der Waals surface area contributed by atoms with E-state index in [2.05, 4.69) is 0 Å². The highest BCUT2D eigenvalue weighted by Gasteiger charge is 2.52. The van der Waals surface area contributed by atoms with Crippen LogP contribution in [0.25, 0.3) is 0 Å². The van der Waals surface area contributed by atoms with Gasteiger partial charge in [0.05, 0.1) is 32.3 Å². The maximum atomic E-state index is 12.9. The van der Waals surface area contributed by atoms with E-state index in [0.717, 1.165) is 63.0 Å². The highest BCUT2D eigenvalue weighted by molar-refractivity contribution is 6.42. The van der Waals surface area contributed by atoms with Gasteiger partial charge in [0.1, 0.15) is 12.1 Å². The highest BCUT2D eigenvalue weighted by Crippen LogP contribution is 2.54. The standard InChI is InChI=1S/2C22H29Cl2N3O3/c2*1-15-21(30)25(11-12-27(15)16-4-5-17(23)18(24)13-16)9-2-3-20(29)26-10-8-22(6-7-22)19(28)14-26/h2*4-5,13,15,19,28H,2-3,6-12,14H2,1H3/t15-,19+;15-,19-/m01/s1. The van der Waals surface area contributed by atoms with E-state index in [0.29, 0.717) is 98.1 Å². The lowest BCUT2D eigenvalue weighted by molar-refractivity contribution is -0.138. The van der Waals surface area contributed by atoms with Gasteiger partial charge >= 0.3 is 0 Å². The molecule has 2 aliphatic carbocycles. The van der Waals surface area contributed by atoms with E-state index in [1.165, 1.54) is 0 Å². The maximum Gasteiger partial charge on any atom is 0.245 e. The number of carbonyl (C=O) groups excluding carboxylic acids is 4. The van der Waals surface area contributed by atoms with Crippen molar-refractivity contribution in [2.45, 2.75) is 102 Å². The third kappa shape index (κ3) is 9.94. The summed E-state index contributed by atoms with van der Waals surface area (Å²) in [5, 5.41) is 22.5. The normalized spacial score (nSPS) is 25.7. The van der Waals surface area contributed by atoms with Crippen LogP contribution >= 0.6 is 46.4 Å². The molecule has 0 radical (unpaired) electrons. The van der Waals surface area contributed by atoms with E-state index >= 15 is 0 Å². The van der Waals surface area contributed by atoms with Crippen LogP contribution in [0.4, 0.5) is 11.4 Å². The Morgan fingerprint density at radius 3 is 1.30 bits per heavy atom. The molecule has 6 fully saturated rings. The maximum absolute atomic E-state index is 12.9. The Kier molecular flexibility index (Phi) is 14.1. The Labute approximate surface area is 373 Å². The van der Waals surface area contributed by atoms with Crippen molar-refractivity contribution in [3.05, 3.63) is 56.5 Å². The zero-order valence-corrected chi connectivity index (χ0v) is 37.7. The molecule has 4 amide bonds. The lowest BCUT2D eigenvalue weighted by atomic mass is 9.90. The zero-order chi connectivity index (χ0) is 42.9. The van der Waals surface area contributed by atoms with E-state index in [9.17, 15) is 29.4 Å². The molecule has 4 heterocycles. The molecule has 60 heavy (non-hydrogen) atoms. The Bertz CT molecular complexity index is 1800. The minimum Gasteiger partial charge on any atom is -0.391 e. The summed E-state index contributed by atoms with van der Waals surface area (Å²) in [6.07, 6.45) is 7.51. The van der Waals surface area contributed by atoms with Gasteiger partial charge in [-0.1, -0.05) is 46.4 Å². The number of aliphatic hydroxyl groups excluding tert-OH is 2. The predicted octanol–water partition coefficient (Wildman–Crippen LogP) is 6.37. The average Bonchev–Trinajstić information content (AvgIpc) is 4.17. The first-order valence-corrected chi connectivity index (χ1v) is 23.1. The zero-order valence-electron chi connectivity index (χ0n) is 34.6. The van der Waals surface area contributed by atoms with Gasteiger partial charge < -0.3 is 39.6 Å². The number of amides is 4. The van der Waals surface area contributed by atoms with Crippen LogP contribution in [0, 0.1) is 10.8 Å². The molecule has 12 nitrogen and oxygen atoms in total. The summed E-state index contributed by atoms with van der Waals surface area (Å²) >= 11 is 24.3. The van der Waals surface area contributed by atoms with Crippen LogP contribution in [0.2, 0.25) is 20.1 Å². The Hall–Kier alpha value is -3.00. The fourth-order valence-corrected chi connectivity index (χ4v) is 10.1. The first kappa shape index (κ1) is 45.0. The molecular formula is C44H58Cl4N6O6. The molecule has 0 aromatic heterocycles. The molecular weight excluding hydrogens is 850 g/mol. The van der Waals surface area contributed by atoms with Crippen LogP contribution in [-0.2, 0) is 19.2 Å². The lowest BCUT2D eigenvalue weighted by Gasteiger charge is -2.40. The number of halogens is 4. The molecule has 0 unspecified atom stereocenters. The number of β-amino-alcohol motifs (C(OH)–C–C–N with tert-alkyl or cyclic N) is 2. The summed E-state index contributed by atoms with van der Waals surface area (Å²) in [6.45, 7) is 9.98. The number of aliphatic hydroxyl groups is 2. The number of hydrogen-bond donors (Lipinski definition) is 2. The molecule has 2 aromatic carbocycles. The van der Waals surface area contributed by atoms with Crippen molar-refractivity contribution >= 4 is 81.4 Å². The first-order valence-electron chi connectivity index (χ1n) is 21.5. The number of benzene rings is 2. The molecule has 4 saturated heterocycles. The molecule has 2 N–H and O–H groups in total. The minimum atomic E-state index is -0.382. The number of piperazine rings is 2. The Morgan fingerprint density at radius 1 is 0.583 bits per heavy atom. The van der Waals surface area contributed by atoms with Gasteiger partial charge in [0.2, 0.25) is 23.6 Å². The van der Waals surface area contributed by atoms with Gasteiger partial charge in [-0.25, -0.2) is 0 Å². The van der Waals surface area contributed by atoms with E-state index < -0.39 is 0 Å². The van der Waals surface area contributed by atoms with Crippen molar-refractivity contribution in [3.8, 4) is 0 Å². The summed E-state index contributed by atoms with van der Waals surface area (Å²) in [6, 6.07) is 10.3. The van der Waals surface area contributed by atoms with Gasteiger partial charge in [0, 0.05) is 89.7 Å². The molecule has 328 valence electrons. The van der Waals surface area contributed by atoms with Crippen LogP contribution in [0.15, 0.2) is 36.4 Å². The molecule has 6 aliphatic rings. The van der Waals surface area contributed by atoms with E-state index in [1.807, 2.05) is 45.6 Å². The van der Waals surface area contributed by atoms with E-state index in [-0.39, 0.29) is 58.8 Å². The molecule has 2 spiro atoms. The summed E-state index contributed by atoms with van der Waals surface area (Å²) in [7, 11) is 0. The van der Waals surface area contributed by atoms with Gasteiger partial charge in [0.15, 0.2) is 0 Å². The smallest absolute Gasteiger partial charge is 0.245 e. The summed E-state index contributed by atoms with van der Waals surface area (Å²) in [5.41, 5.74) is 1.98. The number of anilines is 2. The fraction of sp³-hybridized carbons (Fsp3) is 0.636. The van der Waals surface area contributed by atoms with Crippen molar-refractivity contribution in [1.29, 1.82) is 0 Å². The summed E-state index contributed by atoms with van der Waals surface area (Å²) < 4.78 is 0. The van der Waals surface area contributed by atoms with Gasteiger partial charge in [-0.05, 0) is 112 Å². The van der Waals surface area contributed by atoms with Crippen LogP contribution in [0.5, 0.6) is 0 Å². The molecule has 2 aromatic rings. The topological polar surface area (TPSA) is 128 Å². The molecule has 0 bridgehead atoms. The predicted molar refractivity (Wildman–Crippen MR) is 236 cm³/mol. The SMILES string of the molecule is C[C@@H]1C(=O)N(CCCC(=O)N2CCC3(CC3)[C@H](O)C2)CCN1c1ccc(Cl)c(Cl)c1.C[C@H]1C(=O)N(CCCC(=O)N2CCC3(CC3)[C@H](O)C2)CCN1c1ccc(Cl)c(Cl)c1. The van der Waals surface area contributed by atoms with Crippen molar-refractivity contribution in [2.24, 2.45) is 10.8 Å². The van der Waals surface area contributed by atoms with Crippen LogP contribution < -0.4 is 9.80 Å². The quantitative estimate of drug-likeness (QED) is 0.282. The number of nitrogens with zero attached hydrogens (tertiary/aromatic N) is 6. The monoisotopic (exact) mass is 906 g/mol. The number of carbonyl (C=O) groups is 4. The number of piperidine rings is 2. The highest BCUT2D eigenvalue weighted by atomic mass is 35.5. The first-order chi connectivity index (χ1) is 28.6. The molecule has 16 heteroatoms. The van der Waals surface area contributed by atoms with E-state index in [1.54, 1.807) is 34.1 Å². The van der Waals surface area contributed by atoms with Gasteiger partial charge in [0.25, 0.3) is 0 Å². The third-order valence-electron chi connectivity index (χ3n) is 14.1. The lowest BCUT2D eigenvalue weighted by Crippen LogP contribution is -2.56. The van der Waals surface area contributed by atoms with Crippen molar-refractivity contribution in [1.82, 2.24) is 19.6 Å². The number of rotatable bonds is 10. The summed E-state index contributed by atoms with van der Waals surface area (Å²) in [4.78, 5) is 62.1. The average molecular weight is 909 g/mol. The van der Waals surface area contributed by atoms with Crippen molar-refractivity contribution in [3.63, 3.8) is 0 Å². The molecule has 4 atom stereocenters. The second-order valence-electron chi connectivity index (χ2n) is 17.7. The second kappa shape index (κ2) is 18.8. The van der Waals surface area contributed by atoms with E-state index in [4.69, 9.17) is 46.4 Å². The fourth-order valence-electron chi connectivity index (χ4n) is 9.47.